The number of nitrogens with zero attached hydrogens (tertiary/aromatic N) is 6. The summed E-state index contributed by atoms with van der Waals surface area (Å²) in [6.07, 6.45) is 5.34. The number of nitriles is 1. The molecule has 0 spiro atoms. The fourth-order valence-electron chi connectivity index (χ4n) is 6.86. The van der Waals surface area contributed by atoms with Gasteiger partial charge in [-0.1, -0.05) is 67.8 Å². The SMILES string of the molecule is [C-]#[N+]C(COOC)=c1c(C)cc(=CN=Nc2ccc(C(C)(CCC)c3ccc(N=NC=c4cc(C)c(=C(C#N)C(=O)OC)c(C)c4)c(C)c3)cc2)cc1C. The monoisotopic (exact) mass is 722 g/mol. The summed E-state index contributed by atoms with van der Waals surface area (Å²) in [5, 5.41) is 30.3. The summed E-state index contributed by atoms with van der Waals surface area (Å²) < 4.78 is 4.78. The van der Waals surface area contributed by atoms with E-state index >= 15 is 0 Å². The van der Waals surface area contributed by atoms with Crippen molar-refractivity contribution in [3.63, 3.8) is 0 Å². The average Bonchev–Trinajstić information content (AvgIpc) is 3.14. The molecular weight excluding hydrogens is 677 g/mol. The summed E-state index contributed by atoms with van der Waals surface area (Å²) in [5.74, 6) is -0.657. The Bertz CT molecular complexity index is 2380. The Morgan fingerprint density at radius 1 is 0.815 bits per heavy atom. The molecule has 0 aliphatic rings. The maximum absolute atomic E-state index is 12.1. The van der Waals surface area contributed by atoms with Crippen LogP contribution in [0.4, 0.5) is 11.4 Å². The van der Waals surface area contributed by atoms with Crippen molar-refractivity contribution < 1.29 is 19.3 Å². The molecule has 0 amide bonds. The molecule has 276 valence electrons. The lowest BCUT2D eigenvalue weighted by atomic mass is 9.72. The average molecular weight is 723 g/mol. The number of hydrogen-bond acceptors (Lipinski definition) is 9. The summed E-state index contributed by atoms with van der Waals surface area (Å²) in [6.45, 7) is 21.7. The van der Waals surface area contributed by atoms with Crippen LogP contribution in [0.1, 0.15) is 65.6 Å². The highest BCUT2D eigenvalue weighted by atomic mass is 17.2. The van der Waals surface area contributed by atoms with Gasteiger partial charge < -0.3 is 4.74 Å². The highest BCUT2D eigenvalue weighted by Crippen LogP contribution is 2.39. The first-order valence-corrected chi connectivity index (χ1v) is 17.6. The third-order valence-corrected chi connectivity index (χ3v) is 9.44. The number of carbonyl (C=O) groups excluding carboxylic acids is 1. The van der Waals surface area contributed by atoms with Crippen LogP contribution in [-0.4, -0.2) is 26.8 Å². The van der Waals surface area contributed by atoms with E-state index in [-0.39, 0.29) is 17.6 Å². The largest absolute Gasteiger partial charge is 0.465 e. The van der Waals surface area contributed by atoms with E-state index in [1.54, 1.807) is 12.4 Å². The minimum Gasteiger partial charge on any atom is -0.465 e. The molecular formula is C44H46N6O4. The topological polar surface area (TPSA) is 122 Å². The zero-order valence-corrected chi connectivity index (χ0v) is 32.4. The van der Waals surface area contributed by atoms with Crippen LogP contribution in [0.25, 0.3) is 28.5 Å². The second-order valence-electron chi connectivity index (χ2n) is 13.3. The Morgan fingerprint density at radius 3 is 1.87 bits per heavy atom. The summed E-state index contributed by atoms with van der Waals surface area (Å²) in [4.78, 5) is 25.4. The predicted octanol–water partition coefficient (Wildman–Crippen LogP) is 7.83. The minimum absolute atomic E-state index is 0.0198. The Balaban J connectivity index is 1.57. The summed E-state index contributed by atoms with van der Waals surface area (Å²) in [6, 6.07) is 24.2. The highest BCUT2D eigenvalue weighted by molar-refractivity contribution is 6.15. The number of azo groups is 2. The van der Waals surface area contributed by atoms with Gasteiger partial charge in [0, 0.05) is 10.6 Å². The molecule has 0 aliphatic heterocycles. The maximum Gasteiger partial charge on any atom is 0.349 e. The molecule has 0 heterocycles. The fourth-order valence-corrected chi connectivity index (χ4v) is 6.86. The van der Waals surface area contributed by atoms with E-state index < -0.39 is 5.97 Å². The first-order valence-electron chi connectivity index (χ1n) is 17.6. The van der Waals surface area contributed by atoms with Crippen LogP contribution in [0.2, 0.25) is 0 Å². The molecule has 4 aromatic rings. The molecule has 0 aliphatic carbocycles. The van der Waals surface area contributed by atoms with Crippen molar-refractivity contribution in [2.75, 3.05) is 20.8 Å². The molecule has 10 heteroatoms. The normalized spacial score (nSPS) is 12.2. The molecule has 54 heavy (non-hydrogen) atoms. The van der Waals surface area contributed by atoms with Crippen LogP contribution in [0.3, 0.4) is 0 Å². The molecule has 10 nitrogen and oxygen atoms in total. The maximum atomic E-state index is 12.1. The second-order valence-corrected chi connectivity index (χ2v) is 13.3. The van der Waals surface area contributed by atoms with Crippen LogP contribution in [0.15, 0.2) is 87.2 Å². The van der Waals surface area contributed by atoms with E-state index in [0.29, 0.717) is 10.9 Å². The van der Waals surface area contributed by atoms with Crippen molar-refractivity contribution in [1.29, 1.82) is 5.26 Å². The Labute approximate surface area is 316 Å². The minimum atomic E-state index is -0.657. The van der Waals surface area contributed by atoms with Gasteiger partial charge in [-0.05, 0) is 115 Å². The first-order chi connectivity index (χ1) is 25.9. The number of methoxy groups -OCH3 is 1. The molecule has 0 saturated carbocycles. The quantitative estimate of drug-likeness (QED) is 0.0485. The molecule has 0 N–H and O–H groups in total. The Hall–Kier alpha value is -6.07. The van der Waals surface area contributed by atoms with Crippen molar-refractivity contribution in [3.8, 4) is 6.07 Å². The zero-order valence-electron chi connectivity index (χ0n) is 32.4. The molecule has 0 bridgehead atoms. The van der Waals surface area contributed by atoms with Gasteiger partial charge in [0.1, 0.15) is 18.2 Å². The number of esters is 1. The smallest absolute Gasteiger partial charge is 0.349 e. The third kappa shape index (κ3) is 9.47. The Morgan fingerprint density at radius 2 is 1.37 bits per heavy atom. The van der Waals surface area contributed by atoms with E-state index in [1.807, 2.05) is 83.2 Å². The van der Waals surface area contributed by atoms with Crippen molar-refractivity contribution in [3.05, 3.63) is 138 Å². The molecule has 4 aromatic carbocycles. The van der Waals surface area contributed by atoms with Gasteiger partial charge in [0.25, 0.3) is 0 Å². The third-order valence-electron chi connectivity index (χ3n) is 9.44. The number of aryl methyl sites for hydroxylation is 5. The summed E-state index contributed by atoms with van der Waals surface area (Å²) in [7, 11) is 2.69. The van der Waals surface area contributed by atoms with E-state index in [2.05, 4.69) is 68.3 Å². The summed E-state index contributed by atoms with van der Waals surface area (Å²) >= 11 is 0. The zero-order chi connectivity index (χ0) is 39.4. The summed E-state index contributed by atoms with van der Waals surface area (Å²) in [5.41, 5.74) is 8.56. The van der Waals surface area contributed by atoms with Gasteiger partial charge in [0.15, 0.2) is 0 Å². The predicted molar refractivity (Wildman–Crippen MR) is 211 cm³/mol. The van der Waals surface area contributed by atoms with Crippen LogP contribution >= 0.6 is 0 Å². The fraction of sp³-hybridized carbons (Fsp3) is 0.295. The van der Waals surface area contributed by atoms with Crippen molar-refractivity contribution in [1.82, 2.24) is 0 Å². The lowest BCUT2D eigenvalue weighted by Crippen LogP contribution is -2.23. The van der Waals surface area contributed by atoms with E-state index in [9.17, 15) is 10.1 Å². The molecule has 0 radical (unpaired) electrons. The van der Waals surface area contributed by atoms with Gasteiger partial charge in [-0.15, -0.1) is 0 Å². The number of benzene rings is 4. The van der Waals surface area contributed by atoms with Gasteiger partial charge in [0.05, 0.1) is 44.6 Å². The van der Waals surface area contributed by atoms with Crippen molar-refractivity contribution in [2.24, 2.45) is 20.5 Å². The molecule has 0 saturated heterocycles. The van der Waals surface area contributed by atoms with E-state index in [4.69, 9.17) is 16.2 Å². The highest BCUT2D eigenvalue weighted by Gasteiger charge is 2.28. The Kier molecular flexibility index (Phi) is 14.0. The molecule has 0 fully saturated rings. The lowest BCUT2D eigenvalue weighted by Gasteiger charge is -2.31. The van der Waals surface area contributed by atoms with Gasteiger partial charge >= 0.3 is 5.97 Å². The van der Waals surface area contributed by atoms with Crippen molar-refractivity contribution in [2.45, 2.75) is 66.7 Å². The molecule has 1 atom stereocenters. The van der Waals surface area contributed by atoms with Crippen LogP contribution in [-0.2, 0) is 24.7 Å². The van der Waals surface area contributed by atoms with Gasteiger partial charge in [-0.3, -0.25) is 0 Å². The van der Waals surface area contributed by atoms with E-state index in [1.165, 1.54) is 25.3 Å². The van der Waals surface area contributed by atoms with Crippen molar-refractivity contribution >= 4 is 41.0 Å². The first kappa shape index (κ1) is 40.7. The van der Waals surface area contributed by atoms with Gasteiger partial charge in [0.2, 0.25) is 5.70 Å². The number of hydrogen-bond donors (Lipinski definition) is 0. The second kappa shape index (κ2) is 18.6. The van der Waals surface area contributed by atoms with Gasteiger partial charge in [-0.25, -0.2) is 19.4 Å². The number of carbonyl (C=O) groups is 1. The van der Waals surface area contributed by atoms with E-state index in [0.717, 1.165) is 67.7 Å². The molecule has 0 aromatic heterocycles. The standard InChI is InChI=1S/C44H46N6O4/c1-11-18-44(7,35-12-15-37(16-13-35)49-47-25-34-21-31(5)42(32(6)22-34)40(46-8)27-54-53-10)36-14-17-39(28(2)23-36)50-48-26-33-19-29(3)41(30(4)20-33)38(24-45)43(51)52-9/h12-17,19-23,25-26H,11,18,27H2,1-7,9-10H3. The van der Waals surface area contributed by atoms with Crippen LogP contribution in [0, 0.1) is 52.5 Å². The lowest BCUT2D eigenvalue weighted by molar-refractivity contribution is -0.261. The number of rotatable bonds is 12. The van der Waals surface area contributed by atoms with Gasteiger partial charge in [-0.2, -0.15) is 25.7 Å². The van der Waals surface area contributed by atoms with Crippen LogP contribution < -0.4 is 20.9 Å². The number of ether oxygens (including phenoxy) is 1. The molecule has 1 unspecified atom stereocenters. The van der Waals surface area contributed by atoms with Crippen LogP contribution in [0.5, 0.6) is 0 Å². The molecule has 4 rings (SSSR count).